The number of carbonyl (C=O) groups is 1. The van der Waals surface area contributed by atoms with Gasteiger partial charge in [-0.3, -0.25) is 9.69 Å². The van der Waals surface area contributed by atoms with Crippen LogP contribution >= 0.6 is 0 Å². The first-order chi connectivity index (χ1) is 11.6. The lowest BCUT2D eigenvalue weighted by Crippen LogP contribution is -2.27. The van der Waals surface area contributed by atoms with Gasteiger partial charge in [-0.15, -0.1) is 0 Å². The molecule has 1 heterocycles. The smallest absolute Gasteiger partial charge is 0.241 e. The number of nitrogens with two attached hydrogens (primary N) is 1. The number of rotatable bonds is 3. The number of hydrogen-bond donors (Lipinski definition) is 1. The predicted molar refractivity (Wildman–Crippen MR) is 95.2 cm³/mol. The lowest BCUT2D eigenvalue weighted by Gasteiger charge is -2.28. The topological polar surface area (TPSA) is 55.6 Å². The molecule has 2 N–H and O–H groups in total. The molecule has 1 atom stereocenters. The van der Waals surface area contributed by atoms with E-state index in [2.05, 4.69) is 36.2 Å². The van der Waals surface area contributed by atoms with Crippen molar-refractivity contribution in [2.24, 2.45) is 5.73 Å². The zero-order valence-electron chi connectivity index (χ0n) is 13.8. The van der Waals surface area contributed by atoms with Crippen LogP contribution in [0.15, 0.2) is 54.6 Å². The van der Waals surface area contributed by atoms with Crippen molar-refractivity contribution in [1.29, 1.82) is 0 Å². The molecule has 0 aromatic heterocycles. The molecule has 0 spiro atoms. The van der Waals surface area contributed by atoms with Gasteiger partial charge in [-0.05, 0) is 35.4 Å². The molecule has 0 aliphatic carbocycles. The van der Waals surface area contributed by atoms with Crippen molar-refractivity contribution in [2.45, 2.75) is 12.6 Å². The van der Waals surface area contributed by atoms with Crippen molar-refractivity contribution in [2.75, 3.05) is 20.2 Å². The maximum absolute atomic E-state index is 11.0. The van der Waals surface area contributed by atoms with Crippen LogP contribution in [0.1, 0.15) is 28.4 Å². The fraction of sp³-hybridized carbons (Fsp3) is 0.250. The number of likely N-dealkylation sites (N-methyl/N-ethyl adjacent to an activating group) is 1. The number of fused-ring (bicyclic) bond motifs is 1. The summed E-state index contributed by atoms with van der Waals surface area (Å²) in [6.07, 6.45) is 3.07. The van der Waals surface area contributed by atoms with E-state index < -0.39 is 5.91 Å². The van der Waals surface area contributed by atoms with Crippen LogP contribution in [0.2, 0.25) is 0 Å². The van der Waals surface area contributed by atoms with Gasteiger partial charge in [-0.25, -0.2) is 0 Å². The Kier molecular flexibility index (Phi) is 5.08. The summed E-state index contributed by atoms with van der Waals surface area (Å²) in [6, 6.07) is 16.5. The maximum atomic E-state index is 11.0. The third-order valence-electron chi connectivity index (χ3n) is 4.19. The molecule has 0 saturated carbocycles. The van der Waals surface area contributed by atoms with E-state index in [1.54, 1.807) is 6.08 Å². The molecule has 1 aliphatic rings. The summed E-state index contributed by atoms with van der Waals surface area (Å²) in [4.78, 5) is 13.2. The highest BCUT2D eigenvalue weighted by molar-refractivity contribution is 5.90. The van der Waals surface area contributed by atoms with E-state index in [1.807, 2.05) is 24.3 Å². The first-order valence-electron chi connectivity index (χ1n) is 8.09. The summed E-state index contributed by atoms with van der Waals surface area (Å²) in [5.41, 5.74) is 9.69. The van der Waals surface area contributed by atoms with Gasteiger partial charge < -0.3 is 10.5 Å². The fourth-order valence-corrected chi connectivity index (χ4v) is 2.99. The third-order valence-corrected chi connectivity index (χ3v) is 4.19. The summed E-state index contributed by atoms with van der Waals surface area (Å²) < 4.78 is 6.17. The molecule has 1 unspecified atom stereocenters. The molecule has 3 rings (SSSR count). The van der Waals surface area contributed by atoms with Gasteiger partial charge >= 0.3 is 0 Å². The van der Waals surface area contributed by atoms with Crippen molar-refractivity contribution in [1.82, 2.24) is 4.90 Å². The van der Waals surface area contributed by atoms with E-state index in [-0.39, 0.29) is 6.10 Å². The molecule has 4 heteroatoms. The average Bonchev–Trinajstić information content (AvgIpc) is 2.57. The molecule has 0 radical (unpaired) electrons. The Morgan fingerprint density at radius 1 is 1.25 bits per heavy atom. The predicted octanol–water partition coefficient (Wildman–Crippen LogP) is 2.74. The van der Waals surface area contributed by atoms with E-state index in [9.17, 15) is 4.79 Å². The number of carbonyl (C=O) groups excluding carboxylic acids is 1. The van der Waals surface area contributed by atoms with Crippen LogP contribution in [0, 0.1) is 0 Å². The normalized spacial score (nSPS) is 18.8. The van der Waals surface area contributed by atoms with Crippen molar-refractivity contribution < 1.29 is 9.53 Å². The summed E-state index contributed by atoms with van der Waals surface area (Å²) in [5.74, 6) is -0.440. The molecular formula is C20H22N2O2. The van der Waals surface area contributed by atoms with Crippen LogP contribution in [0.3, 0.4) is 0 Å². The highest BCUT2D eigenvalue weighted by Gasteiger charge is 2.21. The van der Waals surface area contributed by atoms with E-state index in [0.29, 0.717) is 6.61 Å². The second-order valence-electron chi connectivity index (χ2n) is 6.09. The number of benzene rings is 2. The van der Waals surface area contributed by atoms with Crippen molar-refractivity contribution in [3.05, 3.63) is 76.9 Å². The second-order valence-corrected chi connectivity index (χ2v) is 6.09. The minimum absolute atomic E-state index is 0.0657. The molecule has 0 saturated heterocycles. The Morgan fingerprint density at radius 3 is 2.79 bits per heavy atom. The molecule has 124 valence electrons. The number of hydrogen-bond acceptors (Lipinski definition) is 3. The zero-order chi connectivity index (χ0) is 16.9. The summed E-state index contributed by atoms with van der Waals surface area (Å²) in [5, 5.41) is 0. The van der Waals surface area contributed by atoms with Gasteiger partial charge in [0.15, 0.2) is 0 Å². The van der Waals surface area contributed by atoms with Gasteiger partial charge in [0.05, 0.1) is 6.61 Å². The van der Waals surface area contributed by atoms with E-state index >= 15 is 0 Å². The van der Waals surface area contributed by atoms with Crippen molar-refractivity contribution in [3.63, 3.8) is 0 Å². The average molecular weight is 322 g/mol. The zero-order valence-corrected chi connectivity index (χ0v) is 13.8. The van der Waals surface area contributed by atoms with E-state index in [1.165, 1.54) is 17.2 Å². The Bertz CT molecular complexity index is 741. The minimum Gasteiger partial charge on any atom is -0.367 e. The minimum atomic E-state index is -0.440. The van der Waals surface area contributed by atoms with Crippen LogP contribution in [0.4, 0.5) is 0 Å². The quantitative estimate of drug-likeness (QED) is 0.884. The van der Waals surface area contributed by atoms with Crippen LogP contribution in [0.25, 0.3) is 6.08 Å². The maximum Gasteiger partial charge on any atom is 0.241 e. The number of amides is 1. The highest BCUT2D eigenvalue weighted by Crippen LogP contribution is 2.31. The SMILES string of the molecule is CN1CCOC(c2ccccc2)c2ccc(C=CC(N)=O)cc2C1. The first-order valence-corrected chi connectivity index (χ1v) is 8.09. The van der Waals surface area contributed by atoms with Gasteiger partial charge in [0.2, 0.25) is 5.91 Å². The van der Waals surface area contributed by atoms with Gasteiger partial charge in [0, 0.05) is 19.2 Å². The molecule has 2 aromatic carbocycles. The largest absolute Gasteiger partial charge is 0.367 e. The van der Waals surface area contributed by atoms with Gasteiger partial charge in [0.25, 0.3) is 0 Å². The van der Waals surface area contributed by atoms with Crippen LogP contribution in [-0.2, 0) is 16.1 Å². The number of ether oxygens (including phenoxy) is 1. The molecule has 2 aromatic rings. The summed E-state index contributed by atoms with van der Waals surface area (Å²) in [6.45, 7) is 2.42. The Morgan fingerprint density at radius 2 is 2.04 bits per heavy atom. The lowest BCUT2D eigenvalue weighted by atomic mass is 9.94. The van der Waals surface area contributed by atoms with E-state index in [4.69, 9.17) is 10.5 Å². The van der Waals surface area contributed by atoms with Gasteiger partial charge in [0.1, 0.15) is 6.10 Å². The molecule has 4 nitrogen and oxygen atoms in total. The van der Waals surface area contributed by atoms with Gasteiger partial charge in [-0.2, -0.15) is 0 Å². The monoisotopic (exact) mass is 322 g/mol. The molecule has 0 fully saturated rings. The Balaban J connectivity index is 2.01. The number of nitrogens with zero attached hydrogens (tertiary/aromatic N) is 1. The van der Waals surface area contributed by atoms with Gasteiger partial charge in [-0.1, -0.05) is 48.5 Å². The van der Waals surface area contributed by atoms with Crippen LogP contribution < -0.4 is 5.73 Å². The standard InChI is InChI=1S/C20H22N2O2/c1-22-11-12-24-20(16-5-3-2-4-6-16)18-9-7-15(8-10-19(21)23)13-17(18)14-22/h2-10,13,20H,11-12,14H2,1H3,(H2,21,23). The molecule has 1 aliphatic heterocycles. The molecule has 1 amide bonds. The van der Waals surface area contributed by atoms with Crippen LogP contribution in [-0.4, -0.2) is 31.0 Å². The molecule has 24 heavy (non-hydrogen) atoms. The Hall–Kier alpha value is -2.43. The summed E-state index contributed by atoms with van der Waals surface area (Å²) in [7, 11) is 2.09. The summed E-state index contributed by atoms with van der Waals surface area (Å²) >= 11 is 0. The van der Waals surface area contributed by atoms with Crippen molar-refractivity contribution >= 4 is 12.0 Å². The fourth-order valence-electron chi connectivity index (χ4n) is 2.99. The third kappa shape index (κ3) is 3.91. The van der Waals surface area contributed by atoms with Crippen LogP contribution in [0.5, 0.6) is 0 Å². The Labute approximate surface area is 142 Å². The first kappa shape index (κ1) is 16.4. The van der Waals surface area contributed by atoms with E-state index in [0.717, 1.165) is 24.2 Å². The molecular weight excluding hydrogens is 300 g/mol. The lowest BCUT2D eigenvalue weighted by molar-refractivity contribution is -0.113. The van der Waals surface area contributed by atoms with Crippen molar-refractivity contribution in [3.8, 4) is 0 Å². The number of primary amides is 1. The molecule has 0 bridgehead atoms. The second kappa shape index (κ2) is 7.43. The highest BCUT2D eigenvalue weighted by atomic mass is 16.5.